The number of hydrogen-bond acceptors (Lipinski definition) is 0. The summed E-state index contributed by atoms with van der Waals surface area (Å²) in [6, 6.07) is 117. The largest absolute Gasteiger partial charge is 0.0622 e. The highest BCUT2D eigenvalue weighted by molar-refractivity contribution is 6.27. The minimum Gasteiger partial charge on any atom is -0.0622 e. The van der Waals surface area contributed by atoms with Gasteiger partial charge < -0.3 is 0 Å². The zero-order chi connectivity index (χ0) is 55.2. The third-order valence-corrected chi connectivity index (χ3v) is 17.9. The molecule has 0 nitrogen and oxygen atoms in total. The van der Waals surface area contributed by atoms with Crippen LogP contribution in [0.25, 0.3) is 174 Å². The van der Waals surface area contributed by atoms with Crippen LogP contribution in [-0.2, 0) is 0 Å². The quantitative estimate of drug-likeness (QED) is 0.154. The number of fused-ring (bicyclic) bond motifs is 20. The van der Waals surface area contributed by atoms with Gasteiger partial charge in [0.15, 0.2) is 0 Å². The lowest BCUT2D eigenvalue weighted by atomic mass is 9.85. The van der Waals surface area contributed by atoms with E-state index in [0.717, 1.165) is 0 Å². The van der Waals surface area contributed by atoms with Gasteiger partial charge in [0, 0.05) is 0 Å². The van der Waals surface area contributed by atoms with Gasteiger partial charge in [-0.05, 0) is 216 Å². The molecule has 84 heavy (non-hydrogen) atoms. The second-order valence-electron chi connectivity index (χ2n) is 22.6. The second-order valence-corrected chi connectivity index (χ2v) is 22.6. The van der Waals surface area contributed by atoms with Crippen molar-refractivity contribution in [3.05, 3.63) is 315 Å². The van der Waals surface area contributed by atoms with E-state index in [1.807, 2.05) is 0 Å². The zero-order valence-electron chi connectivity index (χ0n) is 46.0. The summed E-state index contributed by atoms with van der Waals surface area (Å²) >= 11 is 0. The molecule has 18 aromatic carbocycles. The van der Waals surface area contributed by atoms with E-state index in [2.05, 4.69) is 315 Å². The molecular weight excluding hydrogens is 1010 g/mol. The van der Waals surface area contributed by atoms with Crippen molar-refractivity contribution >= 4 is 129 Å². The number of benzene rings is 18. The van der Waals surface area contributed by atoms with Gasteiger partial charge >= 0.3 is 0 Å². The Labute approximate surface area is 486 Å². The Balaban J connectivity index is 0.000000193. The normalized spacial score (nSPS) is 11.8. The highest BCUT2D eigenvalue weighted by Crippen LogP contribution is 2.46. The fourth-order valence-electron chi connectivity index (χ4n) is 14.1. The van der Waals surface area contributed by atoms with E-state index in [1.54, 1.807) is 0 Å². The van der Waals surface area contributed by atoms with Gasteiger partial charge in [-0.3, -0.25) is 0 Å². The van der Waals surface area contributed by atoms with Gasteiger partial charge in [-0.15, -0.1) is 0 Å². The lowest BCUT2D eigenvalue weighted by molar-refractivity contribution is 1.62. The van der Waals surface area contributed by atoms with Crippen LogP contribution < -0.4 is 0 Å². The number of hydrogen-bond donors (Lipinski definition) is 0. The molecule has 0 aromatic heterocycles. The van der Waals surface area contributed by atoms with Crippen molar-refractivity contribution in [2.24, 2.45) is 0 Å². The molecule has 18 aromatic rings. The maximum atomic E-state index is 2.45. The first kappa shape index (κ1) is 47.8. The standard InChI is InChI=1S/C60H36.C24H16/c1-4-16-46-37(13-1)25-28-40-34-55(49-19-7-10-22-52(49)58(40)46)43-31-44(56-35-41-29-26-38-14-2-5-17-47(38)59(41)53-23-11-8-20-50(53)56)33-45(32-43)57-36-42-30-27-39-15-3-6-18-48(39)60(42)54-24-12-9-21-51(54)57;1-2-6-17(7-3-1)20-14-15-23-21(16-20)13-12-19-11-10-18-8-4-5-9-22(18)24(19)23/h1-36H;1-16H. The Morgan fingerprint density at radius 2 is 0.393 bits per heavy atom. The first-order chi connectivity index (χ1) is 41.6. The SMILES string of the molecule is c1ccc(-c2ccc3c(ccc4ccc5ccccc5c43)c2)cc1.c1ccc2c(c1)ccc1cc(-c3cc(-c4cc5ccc6ccccc6c5c5ccccc45)cc(-c4cc5ccc6ccccc6c5c5ccccc45)c3)c3ccccc3c12. The van der Waals surface area contributed by atoms with Gasteiger partial charge in [0.1, 0.15) is 0 Å². The molecule has 388 valence electrons. The molecule has 0 spiro atoms. The molecule has 0 aliphatic carbocycles. The van der Waals surface area contributed by atoms with Crippen LogP contribution in [0.2, 0.25) is 0 Å². The van der Waals surface area contributed by atoms with Crippen LogP contribution in [0.15, 0.2) is 315 Å². The monoisotopic (exact) mass is 1060 g/mol. The summed E-state index contributed by atoms with van der Waals surface area (Å²) in [4.78, 5) is 0. The molecule has 0 saturated carbocycles. The van der Waals surface area contributed by atoms with Crippen LogP contribution >= 0.6 is 0 Å². The van der Waals surface area contributed by atoms with Crippen LogP contribution in [0.3, 0.4) is 0 Å². The van der Waals surface area contributed by atoms with E-state index in [-0.39, 0.29) is 0 Å². The van der Waals surface area contributed by atoms with Gasteiger partial charge in [0.2, 0.25) is 0 Å². The maximum Gasteiger partial charge on any atom is -0.00264 e. The summed E-state index contributed by atoms with van der Waals surface area (Å²) < 4.78 is 0. The fourth-order valence-corrected chi connectivity index (χ4v) is 14.1. The Kier molecular flexibility index (Phi) is 11.0. The minimum absolute atomic E-state index is 1.21. The molecule has 0 aliphatic rings. The second kappa shape index (κ2) is 19.4. The average molecular weight is 1060 g/mol. The van der Waals surface area contributed by atoms with Crippen LogP contribution in [0.5, 0.6) is 0 Å². The third kappa shape index (κ3) is 7.76. The summed E-state index contributed by atoms with van der Waals surface area (Å²) in [6.45, 7) is 0. The van der Waals surface area contributed by atoms with Gasteiger partial charge in [0.05, 0.1) is 0 Å². The van der Waals surface area contributed by atoms with E-state index >= 15 is 0 Å². The van der Waals surface area contributed by atoms with Crippen LogP contribution in [0.4, 0.5) is 0 Å². The van der Waals surface area contributed by atoms with Crippen molar-refractivity contribution in [3.63, 3.8) is 0 Å². The molecule has 0 heterocycles. The third-order valence-electron chi connectivity index (χ3n) is 17.9. The smallest absolute Gasteiger partial charge is 0.00264 e. The first-order valence-corrected chi connectivity index (χ1v) is 29.2. The van der Waals surface area contributed by atoms with E-state index in [4.69, 9.17) is 0 Å². The lowest BCUT2D eigenvalue weighted by Crippen LogP contribution is -1.92. The molecule has 0 bridgehead atoms. The fraction of sp³-hybridized carbons (Fsp3) is 0. The van der Waals surface area contributed by atoms with Crippen molar-refractivity contribution in [1.82, 2.24) is 0 Å². The molecule has 0 atom stereocenters. The molecule has 0 saturated heterocycles. The highest BCUT2D eigenvalue weighted by Gasteiger charge is 2.19. The predicted octanol–water partition coefficient (Wildman–Crippen LogP) is 23.9. The van der Waals surface area contributed by atoms with Crippen LogP contribution in [0.1, 0.15) is 0 Å². The topological polar surface area (TPSA) is 0 Å². The molecule has 0 heteroatoms. The summed E-state index contributed by atoms with van der Waals surface area (Å²) in [7, 11) is 0. The Morgan fingerprint density at radius 3 is 0.774 bits per heavy atom. The first-order valence-electron chi connectivity index (χ1n) is 29.2. The van der Waals surface area contributed by atoms with E-state index in [1.165, 1.54) is 174 Å². The Bertz CT molecular complexity index is 5310. The van der Waals surface area contributed by atoms with Gasteiger partial charge in [-0.25, -0.2) is 0 Å². The zero-order valence-corrected chi connectivity index (χ0v) is 46.0. The summed E-state index contributed by atoms with van der Waals surface area (Å²) in [5.74, 6) is 0. The van der Waals surface area contributed by atoms with Crippen molar-refractivity contribution in [2.75, 3.05) is 0 Å². The van der Waals surface area contributed by atoms with E-state index < -0.39 is 0 Å². The van der Waals surface area contributed by atoms with Gasteiger partial charge in [-0.2, -0.15) is 0 Å². The Hall–Kier alpha value is -10.9. The molecule has 0 aliphatic heterocycles. The van der Waals surface area contributed by atoms with E-state index in [9.17, 15) is 0 Å². The molecule has 18 rings (SSSR count). The summed E-state index contributed by atoms with van der Waals surface area (Å²) in [5.41, 5.74) is 9.87. The van der Waals surface area contributed by atoms with E-state index in [0.29, 0.717) is 0 Å². The maximum absolute atomic E-state index is 2.45. The molecule has 0 radical (unpaired) electrons. The minimum atomic E-state index is 1.21. The van der Waals surface area contributed by atoms with Crippen molar-refractivity contribution in [3.8, 4) is 44.5 Å². The highest BCUT2D eigenvalue weighted by atomic mass is 14.2. The molecule has 0 amide bonds. The van der Waals surface area contributed by atoms with Crippen molar-refractivity contribution in [1.29, 1.82) is 0 Å². The van der Waals surface area contributed by atoms with Crippen LogP contribution in [-0.4, -0.2) is 0 Å². The molecule has 0 N–H and O–H groups in total. The Morgan fingerprint density at radius 1 is 0.119 bits per heavy atom. The average Bonchev–Trinajstić information content (AvgIpc) is 3.26. The lowest BCUT2D eigenvalue weighted by Gasteiger charge is -2.19. The predicted molar refractivity (Wildman–Crippen MR) is 365 cm³/mol. The molecule has 0 fully saturated rings. The van der Waals surface area contributed by atoms with Crippen molar-refractivity contribution in [2.45, 2.75) is 0 Å². The summed E-state index contributed by atoms with van der Waals surface area (Å²) in [5, 5.41) is 30.8. The van der Waals surface area contributed by atoms with Crippen LogP contribution in [0, 0.1) is 0 Å². The summed E-state index contributed by atoms with van der Waals surface area (Å²) in [6.07, 6.45) is 0. The number of rotatable bonds is 4. The van der Waals surface area contributed by atoms with Gasteiger partial charge in [0.25, 0.3) is 0 Å². The molecular formula is C84H52. The molecule has 0 unspecified atom stereocenters. The van der Waals surface area contributed by atoms with Crippen molar-refractivity contribution < 1.29 is 0 Å². The van der Waals surface area contributed by atoms with Gasteiger partial charge in [-0.1, -0.05) is 273 Å².